The van der Waals surface area contributed by atoms with Crippen LogP contribution in [0.25, 0.3) is 0 Å². The molecule has 11 heteroatoms. The van der Waals surface area contributed by atoms with Gasteiger partial charge in [-0.05, 0) is 6.92 Å². The summed E-state index contributed by atoms with van der Waals surface area (Å²) in [5.41, 5.74) is -0.0999. The minimum atomic E-state index is -1.64. The van der Waals surface area contributed by atoms with E-state index in [0.717, 1.165) is 6.26 Å². The van der Waals surface area contributed by atoms with Gasteiger partial charge in [0.05, 0.1) is 30.8 Å². The molecule has 9 atom stereocenters. The average Bonchev–Trinajstić information content (AvgIpc) is 2.61. The van der Waals surface area contributed by atoms with Gasteiger partial charge in [-0.25, -0.2) is 4.79 Å². The van der Waals surface area contributed by atoms with Gasteiger partial charge in [0.15, 0.2) is 6.29 Å². The Morgan fingerprint density at radius 2 is 1.93 bits per heavy atom. The number of hydrogen-bond acceptors (Lipinski definition) is 10. The molecule has 11 nitrogen and oxygen atoms in total. The molecule has 3 aliphatic heterocycles. The number of aliphatic carboxylic acids is 1. The minimum absolute atomic E-state index is 0.0999. The highest BCUT2D eigenvalue weighted by Gasteiger charge is 2.51. The monoisotopic (exact) mass is 390 g/mol. The van der Waals surface area contributed by atoms with E-state index in [1.54, 1.807) is 6.92 Å². The lowest BCUT2D eigenvalue weighted by Gasteiger charge is -2.45. The van der Waals surface area contributed by atoms with Crippen molar-refractivity contribution in [3.05, 3.63) is 11.8 Å². The third kappa shape index (κ3) is 3.66. The van der Waals surface area contributed by atoms with Crippen molar-refractivity contribution < 1.29 is 54.1 Å². The van der Waals surface area contributed by atoms with Crippen molar-refractivity contribution in [2.24, 2.45) is 11.8 Å². The first-order valence-corrected chi connectivity index (χ1v) is 8.48. The topological polar surface area (TPSA) is 172 Å². The quantitative estimate of drug-likeness (QED) is 0.327. The van der Waals surface area contributed by atoms with Gasteiger partial charge in [0.2, 0.25) is 6.29 Å². The number of esters is 1. The van der Waals surface area contributed by atoms with Crippen LogP contribution in [-0.4, -0.2) is 87.2 Å². The van der Waals surface area contributed by atoms with Crippen LogP contribution in [0.5, 0.6) is 0 Å². The zero-order valence-corrected chi connectivity index (χ0v) is 14.4. The highest BCUT2D eigenvalue weighted by Crippen LogP contribution is 2.41. The lowest BCUT2D eigenvalue weighted by atomic mass is 9.77. The number of cyclic esters (lactones) is 1. The molecule has 0 bridgehead atoms. The molecule has 0 aromatic heterocycles. The highest BCUT2D eigenvalue weighted by molar-refractivity contribution is 5.88. The first-order chi connectivity index (χ1) is 12.7. The number of fused-ring (bicyclic) bond motifs is 1. The molecule has 3 rings (SSSR count). The summed E-state index contributed by atoms with van der Waals surface area (Å²) < 4.78 is 21.4. The van der Waals surface area contributed by atoms with Crippen molar-refractivity contribution in [3.8, 4) is 0 Å². The van der Waals surface area contributed by atoms with Crippen LogP contribution in [0, 0.1) is 11.8 Å². The second-order valence-corrected chi connectivity index (χ2v) is 6.80. The van der Waals surface area contributed by atoms with Crippen molar-refractivity contribution in [1.29, 1.82) is 0 Å². The molecule has 3 heterocycles. The number of carboxylic acid groups (broad SMARTS) is 1. The number of aliphatic hydroxyl groups excluding tert-OH is 4. The third-order valence-electron chi connectivity index (χ3n) is 5.12. The van der Waals surface area contributed by atoms with Gasteiger partial charge >= 0.3 is 11.9 Å². The Morgan fingerprint density at radius 3 is 2.56 bits per heavy atom. The lowest BCUT2D eigenvalue weighted by Crippen LogP contribution is -2.61. The van der Waals surface area contributed by atoms with Crippen LogP contribution < -0.4 is 0 Å². The van der Waals surface area contributed by atoms with E-state index in [-0.39, 0.29) is 12.0 Å². The van der Waals surface area contributed by atoms with Gasteiger partial charge in [-0.2, -0.15) is 0 Å². The zero-order valence-electron chi connectivity index (χ0n) is 14.4. The van der Waals surface area contributed by atoms with Crippen LogP contribution in [0.1, 0.15) is 13.3 Å². The SMILES string of the molecule is C[C@H]1OC(=O)C[C@H]2C(C(=O)O)=CO[C@H](O[C@H]3O[C@@H](CO)[C@@H](O)[C@@H](O)[C@H]3O)[C@@H]12. The van der Waals surface area contributed by atoms with Gasteiger partial charge in [-0.3, -0.25) is 4.79 Å². The molecular weight excluding hydrogens is 368 g/mol. The standard InChI is InChI=1S/C16H22O11/c1-5-10-6(2-9(18)25-5)7(14(22)23)4-24-15(10)27-16-13(21)12(20)11(19)8(3-17)26-16/h4-6,8,10-13,15-17,19-21H,2-3H2,1H3,(H,22,23)/t5-,6+,8+,10+,11-,12-,13-,15-,16-/m1/s1. The molecule has 0 unspecified atom stereocenters. The number of ether oxygens (including phenoxy) is 4. The summed E-state index contributed by atoms with van der Waals surface area (Å²) in [6, 6.07) is 0. The predicted molar refractivity (Wildman–Crippen MR) is 82.6 cm³/mol. The van der Waals surface area contributed by atoms with Crippen molar-refractivity contribution in [1.82, 2.24) is 0 Å². The maximum Gasteiger partial charge on any atom is 0.335 e. The molecule has 0 spiro atoms. The number of carboxylic acids is 1. The van der Waals surface area contributed by atoms with Crippen LogP contribution in [0.2, 0.25) is 0 Å². The molecule has 0 aliphatic carbocycles. The molecule has 5 N–H and O–H groups in total. The zero-order chi connectivity index (χ0) is 19.9. The number of hydrogen-bond donors (Lipinski definition) is 5. The molecule has 2 fully saturated rings. The smallest absolute Gasteiger partial charge is 0.335 e. The Labute approximate surface area is 153 Å². The Balaban J connectivity index is 1.82. The maximum absolute atomic E-state index is 11.7. The third-order valence-corrected chi connectivity index (χ3v) is 5.12. The summed E-state index contributed by atoms with van der Waals surface area (Å²) in [4.78, 5) is 23.2. The van der Waals surface area contributed by atoms with Gasteiger partial charge in [-0.1, -0.05) is 0 Å². The second kappa shape index (κ2) is 7.70. The second-order valence-electron chi connectivity index (χ2n) is 6.80. The van der Waals surface area contributed by atoms with E-state index in [1.807, 2.05) is 0 Å². The van der Waals surface area contributed by atoms with Crippen molar-refractivity contribution >= 4 is 11.9 Å². The minimum Gasteiger partial charge on any atom is -0.478 e. The normalized spacial score (nSPS) is 44.6. The molecule has 2 saturated heterocycles. The van der Waals surface area contributed by atoms with Crippen LogP contribution in [0.15, 0.2) is 11.8 Å². The van der Waals surface area contributed by atoms with Crippen molar-refractivity contribution in [3.63, 3.8) is 0 Å². The van der Waals surface area contributed by atoms with E-state index in [9.17, 15) is 35.1 Å². The Morgan fingerprint density at radius 1 is 1.22 bits per heavy atom. The summed E-state index contributed by atoms with van der Waals surface area (Å²) in [6.45, 7) is 0.936. The van der Waals surface area contributed by atoms with E-state index in [4.69, 9.17) is 18.9 Å². The first-order valence-electron chi connectivity index (χ1n) is 8.48. The summed E-state index contributed by atoms with van der Waals surface area (Å²) in [6.07, 6.45) is -8.54. The van der Waals surface area contributed by atoms with E-state index in [0.29, 0.717) is 0 Å². The fourth-order valence-corrected chi connectivity index (χ4v) is 3.67. The summed E-state index contributed by atoms with van der Waals surface area (Å²) in [5.74, 6) is -3.23. The molecule has 0 radical (unpaired) electrons. The van der Waals surface area contributed by atoms with Gasteiger partial charge < -0.3 is 44.5 Å². The van der Waals surface area contributed by atoms with Crippen molar-refractivity contribution in [2.75, 3.05) is 6.61 Å². The molecule has 3 aliphatic rings. The van der Waals surface area contributed by atoms with Crippen LogP contribution >= 0.6 is 0 Å². The molecule has 152 valence electrons. The Bertz CT molecular complexity index is 617. The molecule has 0 aromatic carbocycles. The van der Waals surface area contributed by atoms with Crippen molar-refractivity contribution in [2.45, 2.75) is 56.4 Å². The fourth-order valence-electron chi connectivity index (χ4n) is 3.67. The number of aliphatic hydroxyl groups is 4. The van der Waals surface area contributed by atoms with Gasteiger partial charge in [0.1, 0.15) is 30.5 Å². The van der Waals surface area contributed by atoms with Gasteiger partial charge in [0.25, 0.3) is 0 Å². The summed E-state index contributed by atoms with van der Waals surface area (Å²) >= 11 is 0. The molecule has 0 aromatic rings. The summed E-state index contributed by atoms with van der Waals surface area (Å²) in [7, 11) is 0. The predicted octanol–water partition coefficient (Wildman–Crippen LogP) is -2.30. The van der Waals surface area contributed by atoms with Gasteiger partial charge in [-0.15, -0.1) is 0 Å². The van der Waals surface area contributed by atoms with E-state index >= 15 is 0 Å². The highest BCUT2D eigenvalue weighted by atomic mass is 16.8. The lowest BCUT2D eigenvalue weighted by molar-refractivity contribution is -0.346. The first kappa shape index (κ1) is 20.0. The van der Waals surface area contributed by atoms with E-state index in [1.165, 1.54) is 0 Å². The van der Waals surface area contributed by atoms with Crippen LogP contribution in [0.3, 0.4) is 0 Å². The van der Waals surface area contributed by atoms with E-state index < -0.39 is 73.5 Å². The number of carbonyl (C=O) groups is 2. The Hall–Kier alpha value is -1.76. The Kier molecular flexibility index (Phi) is 5.70. The average molecular weight is 390 g/mol. The van der Waals surface area contributed by atoms with Gasteiger partial charge in [0, 0.05) is 5.92 Å². The van der Waals surface area contributed by atoms with E-state index in [2.05, 4.69) is 0 Å². The summed E-state index contributed by atoms with van der Waals surface area (Å²) in [5, 5.41) is 48.4. The van der Waals surface area contributed by atoms with Crippen LogP contribution in [0.4, 0.5) is 0 Å². The molecular formula is C16H22O11. The molecule has 0 saturated carbocycles. The maximum atomic E-state index is 11.7. The number of rotatable bonds is 4. The van der Waals surface area contributed by atoms with Crippen LogP contribution in [-0.2, 0) is 28.5 Å². The molecule has 27 heavy (non-hydrogen) atoms. The fraction of sp³-hybridized carbons (Fsp3) is 0.750. The number of carbonyl (C=O) groups excluding carboxylic acids is 1. The molecule has 0 amide bonds. The largest absolute Gasteiger partial charge is 0.478 e.